The first kappa shape index (κ1) is 28.8. The molecule has 5 N–H and O–H groups in total. The first-order chi connectivity index (χ1) is 16.5. The quantitative estimate of drug-likeness (QED) is 0.120. The van der Waals surface area contributed by atoms with Crippen molar-refractivity contribution >= 4 is 47.6 Å². The van der Waals surface area contributed by atoms with Crippen LogP contribution in [0.1, 0.15) is 6.92 Å². The summed E-state index contributed by atoms with van der Waals surface area (Å²) in [4.78, 5) is 11.6. The Hall–Kier alpha value is -3.42. The molecule has 2 aromatic carbocycles. The molecule has 0 aromatic heterocycles. The molecule has 1 amide bonds. The predicted molar refractivity (Wildman–Crippen MR) is 122 cm³/mol. The van der Waals surface area contributed by atoms with Crippen molar-refractivity contribution < 1.29 is 53.5 Å². The number of carbonyl (C=O) groups is 1. The number of hydrogen-bond acceptors (Lipinski definition) is 12. The lowest BCUT2D eigenvalue weighted by molar-refractivity contribution is -0.113. The maximum absolute atomic E-state index is 12.5. The molecule has 0 heterocycles. The largest absolute Gasteiger partial charge is 0.510 e. The number of nitrogens with zero attached hydrogens (tertiary/aromatic N) is 2. The number of sulfone groups is 1. The van der Waals surface area contributed by atoms with Gasteiger partial charge in [-0.1, -0.05) is 0 Å². The van der Waals surface area contributed by atoms with Crippen LogP contribution in [0.2, 0.25) is 0 Å². The average Bonchev–Trinajstić information content (AvgIpc) is 2.73. The van der Waals surface area contributed by atoms with Crippen LogP contribution in [0, 0.1) is 0 Å². The lowest BCUT2D eigenvalue weighted by Crippen LogP contribution is -2.16. The smallest absolute Gasteiger partial charge is 0.397 e. The number of allylic oxidation sites excluding steroid dienone is 1. The van der Waals surface area contributed by atoms with Crippen LogP contribution in [-0.4, -0.2) is 62.8 Å². The standard InChI is InChI=1S/C18H19N3O12S3/c1-11(22)17(21-20-15-7-6-14(10-16(15)23)35(27,28)29)18(24)19-12-2-4-13(5-3-12)34(25,26)9-8-33-36(30,31)32/h2-7,10,22-23H,8-9H2,1H3,(H,19,24)(H,27,28,29)(H,30,31,32)/b17-11-,21-20?. The molecule has 0 aliphatic rings. The van der Waals surface area contributed by atoms with Gasteiger partial charge in [0.25, 0.3) is 16.0 Å². The number of azo groups is 1. The number of phenolic OH excluding ortho intramolecular Hbond substituents is 1. The monoisotopic (exact) mass is 565 g/mol. The van der Waals surface area contributed by atoms with Crippen LogP contribution in [0.15, 0.2) is 73.9 Å². The van der Waals surface area contributed by atoms with E-state index >= 15 is 0 Å². The Morgan fingerprint density at radius 3 is 2.06 bits per heavy atom. The van der Waals surface area contributed by atoms with E-state index in [0.717, 1.165) is 31.2 Å². The molecule has 2 aromatic rings. The van der Waals surface area contributed by atoms with Gasteiger partial charge >= 0.3 is 10.4 Å². The number of aliphatic hydroxyl groups excluding tert-OH is 1. The zero-order valence-electron chi connectivity index (χ0n) is 18.1. The Balaban J connectivity index is 2.15. The van der Waals surface area contributed by atoms with Crippen LogP contribution in [0.5, 0.6) is 5.75 Å². The summed E-state index contributed by atoms with van der Waals surface area (Å²) in [6.45, 7) is 0.294. The van der Waals surface area contributed by atoms with E-state index < -0.39 is 70.7 Å². The fourth-order valence-electron chi connectivity index (χ4n) is 2.44. The molecule has 0 spiro atoms. The van der Waals surface area contributed by atoms with Crippen molar-refractivity contribution in [2.75, 3.05) is 17.7 Å². The van der Waals surface area contributed by atoms with Gasteiger partial charge in [-0.05, 0) is 43.3 Å². The third kappa shape index (κ3) is 8.36. The van der Waals surface area contributed by atoms with Crippen LogP contribution >= 0.6 is 0 Å². The second kappa shape index (κ2) is 11.1. The number of carbonyl (C=O) groups excluding carboxylic acids is 1. The summed E-state index contributed by atoms with van der Waals surface area (Å²) in [7, 11) is -13.4. The van der Waals surface area contributed by atoms with Crippen molar-refractivity contribution in [2.24, 2.45) is 10.2 Å². The van der Waals surface area contributed by atoms with Crippen LogP contribution in [0.4, 0.5) is 11.4 Å². The normalized spacial score (nSPS) is 13.4. The summed E-state index contributed by atoms with van der Waals surface area (Å²) < 4.78 is 89.1. The minimum Gasteiger partial charge on any atom is -0.510 e. The molecule has 0 unspecified atom stereocenters. The van der Waals surface area contributed by atoms with Crippen molar-refractivity contribution in [2.45, 2.75) is 16.7 Å². The Bertz CT molecular complexity index is 1530. The van der Waals surface area contributed by atoms with Gasteiger partial charge in [-0.15, -0.1) is 10.2 Å². The SMILES string of the molecule is C/C(O)=C(/N=Nc1ccc(S(=O)(=O)O)cc1O)C(=O)Nc1ccc(S(=O)(=O)CCOS(=O)(=O)O)cc1. The number of rotatable bonds is 10. The fourth-order valence-corrected chi connectivity index (χ4v) is 4.43. The van der Waals surface area contributed by atoms with Crippen LogP contribution in [0.25, 0.3) is 0 Å². The molecule has 2 rings (SSSR count). The maximum Gasteiger partial charge on any atom is 0.397 e. The van der Waals surface area contributed by atoms with Crippen molar-refractivity contribution in [3.05, 3.63) is 53.9 Å². The molecule has 36 heavy (non-hydrogen) atoms. The van der Waals surface area contributed by atoms with E-state index in [4.69, 9.17) is 9.11 Å². The molecular weight excluding hydrogens is 546 g/mol. The van der Waals surface area contributed by atoms with E-state index in [1.54, 1.807) is 0 Å². The summed E-state index contributed by atoms with van der Waals surface area (Å²) in [6, 6.07) is 7.19. The van der Waals surface area contributed by atoms with Gasteiger partial charge in [0, 0.05) is 11.8 Å². The zero-order valence-corrected chi connectivity index (χ0v) is 20.6. The van der Waals surface area contributed by atoms with Crippen LogP contribution < -0.4 is 5.32 Å². The highest BCUT2D eigenvalue weighted by Crippen LogP contribution is 2.30. The third-order valence-electron chi connectivity index (χ3n) is 4.12. The molecule has 0 atom stereocenters. The van der Waals surface area contributed by atoms with Gasteiger partial charge in [0.1, 0.15) is 17.2 Å². The van der Waals surface area contributed by atoms with Gasteiger partial charge in [-0.25, -0.2) is 12.6 Å². The molecule has 0 saturated carbocycles. The molecule has 15 nitrogen and oxygen atoms in total. The molecule has 0 bridgehead atoms. The van der Waals surface area contributed by atoms with E-state index in [-0.39, 0.29) is 16.3 Å². The zero-order chi connectivity index (χ0) is 27.3. The molecule has 18 heteroatoms. The summed E-state index contributed by atoms with van der Waals surface area (Å²) in [6.07, 6.45) is 0. The van der Waals surface area contributed by atoms with Crippen molar-refractivity contribution in [3.8, 4) is 5.75 Å². The van der Waals surface area contributed by atoms with Gasteiger partial charge in [0.15, 0.2) is 15.5 Å². The highest BCUT2D eigenvalue weighted by atomic mass is 32.3. The molecule has 0 saturated heterocycles. The van der Waals surface area contributed by atoms with Gasteiger partial charge < -0.3 is 15.5 Å². The third-order valence-corrected chi connectivity index (χ3v) is 7.12. The van der Waals surface area contributed by atoms with E-state index in [9.17, 15) is 40.3 Å². The summed E-state index contributed by atoms with van der Waals surface area (Å²) in [5, 5.41) is 29.1. The molecule has 0 aliphatic carbocycles. The van der Waals surface area contributed by atoms with Crippen molar-refractivity contribution in [3.63, 3.8) is 0 Å². The Morgan fingerprint density at radius 1 is 0.972 bits per heavy atom. The molecule has 0 radical (unpaired) electrons. The summed E-state index contributed by atoms with van der Waals surface area (Å²) in [5.74, 6) is -3.01. The van der Waals surface area contributed by atoms with E-state index in [1.165, 1.54) is 12.1 Å². The van der Waals surface area contributed by atoms with Gasteiger partial charge in [0.05, 0.1) is 22.2 Å². The molecule has 0 aliphatic heterocycles. The molecule has 196 valence electrons. The first-order valence-electron chi connectivity index (χ1n) is 9.38. The number of hydrogen-bond donors (Lipinski definition) is 5. The minimum absolute atomic E-state index is 0.0717. The number of benzene rings is 2. The van der Waals surface area contributed by atoms with Crippen molar-refractivity contribution in [1.29, 1.82) is 0 Å². The highest BCUT2D eigenvalue weighted by molar-refractivity contribution is 7.91. The number of anilines is 1. The highest BCUT2D eigenvalue weighted by Gasteiger charge is 2.18. The fraction of sp³-hybridized carbons (Fsp3) is 0.167. The molecule has 0 fully saturated rings. The van der Waals surface area contributed by atoms with Gasteiger partial charge in [-0.3, -0.25) is 13.9 Å². The topological polar surface area (TPSA) is 246 Å². The lowest BCUT2D eigenvalue weighted by atomic mass is 10.3. The Morgan fingerprint density at radius 2 is 1.56 bits per heavy atom. The number of amides is 1. The summed E-state index contributed by atoms with van der Waals surface area (Å²) in [5.41, 5.74) is -0.823. The number of nitrogens with one attached hydrogen (secondary N) is 1. The van der Waals surface area contributed by atoms with Gasteiger partial charge in [-0.2, -0.15) is 16.8 Å². The minimum atomic E-state index is -4.80. The second-order valence-corrected chi connectivity index (χ2v) is 11.4. The first-order valence-corrected chi connectivity index (χ1v) is 13.8. The lowest BCUT2D eigenvalue weighted by Gasteiger charge is -2.08. The predicted octanol–water partition coefficient (Wildman–Crippen LogP) is 1.74. The van der Waals surface area contributed by atoms with Gasteiger partial charge in [0.2, 0.25) is 0 Å². The number of aliphatic hydroxyl groups is 1. The number of phenols is 1. The Kier molecular flexibility index (Phi) is 8.88. The van der Waals surface area contributed by atoms with E-state index in [0.29, 0.717) is 6.07 Å². The molecular formula is C18H19N3O12S3. The van der Waals surface area contributed by atoms with Crippen molar-refractivity contribution in [1.82, 2.24) is 0 Å². The van der Waals surface area contributed by atoms with Crippen LogP contribution in [-0.2, 0) is 39.3 Å². The summed E-state index contributed by atoms with van der Waals surface area (Å²) >= 11 is 0. The second-order valence-electron chi connectivity index (χ2n) is 6.81. The van der Waals surface area contributed by atoms with E-state index in [1.807, 2.05) is 0 Å². The number of aromatic hydroxyl groups is 1. The van der Waals surface area contributed by atoms with Crippen LogP contribution in [0.3, 0.4) is 0 Å². The van der Waals surface area contributed by atoms with E-state index in [2.05, 4.69) is 19.7 Å². The maximum atomic E-state index is 12.5. The average molecular weight is 566 g/mol. The Labute approximate surface area is 205 Å².